The number of carbonyl (C=O) groups is 2. The molecule has 3 rings (SSSR count). The molecule has 32 heavy (non-hydrogen) atoms. The average molecular weight is 458 g/mol. The van der Waals surface area contributed by atoms with Crippen LogP contribution in [0.4, 0.5) is 4.79 Å². The Kier molecular flexibility index (Phi) is 8.44. The van der Waals surface area contributed by atoms with Crippen LogP contribution in [0.5, 0.6) is 23.0 Å². The molecule has 0 saturated carbocycles. The Balaban J connectivity index is 1.67. The minimum absolute atomic E-state index is 0.147. The van der Waals surface area contributed by atoms with Crippen LogP contribution >= 0.6 is 11.8 Å². The summed E-state index contributed by atoms with van der Waals surface area (Å²) in [5, 5.41) is -0.321. The van der Waals surface area contributed by atoms with Crippen LogP contribution in [0, 0.1) is 0 Å². The maximum Gasteiger partial charge on any atom is 0.293 e. The molecule has 1 aliphatic heterocycles. The van der Waals surface area contributed by atoms with Gasteiger partial charge in [-0.3, -0.25) is 14.5 Å². The van der Waals surface area contributed by atoms with Crippen molar-refractivity contribution in [3.8, 4) is 23.0 Å². The highest BCUT2D eigenvalue weighted by atomic mass is 32.2. The van der Waals surface area contributed by atoms with Gasteiger partial charge < -0.3 is 18.9 Å². The van der Waals surface area contributed by atoms with Crippen molar-refractivity contribution in [3.63, 3.8) is 0 Å². The molecule has 1 saturated heterocycles. The molecule has 1 heterocycles. The second-order valence-corrected chi connectivity index (χ2v) is 7.81. The summed E-state index contributed by atoms with van der Waals surface area (Å²) >= 11 is 0.914. The lowest BCUT2D eigenvalue weighted by molar-refractivity contribution is -0.123. The molecule has 1 fully saturated rings. The monoisotopic (exact) mass is 457 g/mol. The predicted octanol–water partition coefficient (Wildman–Crippen LogP) is 5.00. The Morgan fingerprint density at radius 1 is 0.906 bits per heavy atom. The van der Waals surface area contributed by atoms with Gasteiger partial charge in [-0.2, -0.15) is 0 Å². The van der Waals surface area contributed by atoms with E-state index in [9.17, 15) is 9.59 Å². The largest absolute Gasteiger partial charge is 0.493 e. The van der Waals surface area contributed by atoms with Crippen LogP contribution in [-0.4, -0.2) is 49.5 Å². The van der Waals surface area contributed by atoms with Gasteiger partial charge >= 0.3 is 0 Å². The van der Waals surface area contributed by atoms with Gasteiger partial charge in [-0.1, -0.05) is 25.1 Å². The minimum Gasteiger partial charge on any atom is -0.493 e. The Morgan fingerprint density at radius 2 is 1.62 bits per heavy atom. The third-order valence-corrected chi connectivity index (χ3v) is 5.45. The summed E-state index contributed by atoms with van der Waals surface area (Å²) in [5.41, 5.74) is 0.757. The van der Waals surface area contributed by atoms with E-state index in [1.54, 1.807) is 25.3 Å². The number of thioether (sulfide) groups is 1. The molecular weight excluding hydrogens is 430 g/mol. The molecule has 0 spiro atoms. The van der Waals surface area contributed by atoms with Crippen molar-refractivity contribution < 1.29 is 28.5 Å². The van der Waals surface area contributed by atoms with Gasteiger partial charge in [-0.05, 0) is 61.0 Å². The van der Waals surface area contributed by atoms with Gasteiger partial charge in [-0.15, -0.1) is 0 Å². The standard InChI is InChI=1S/C24H27NO6S/c1-4-13-30-20-11-10-17(15-21(20)29-5-2)16-22-23(26)25(24(27)32-22)12-14-31-19-9-7-6-8-18(19)28-3/h6-11,15-16H,4-5,12-14H2,1-3H3/b22-16-. The zero-order chi connectivity index (χ0) is 22.9. The quantitative estimate of drug-likeness (QED) is 0.440. The lowest BCUT2D eigenvalue weighted by Crippen LogP contribution is -2.32. The summed E-state index contributed by atoms with van der Waals surface area (Å²) in [4.78, 5) is 26.7. The second kappa shape index (κ2) is 11.5. The number of benzene rings is 2. The number of amides is 2. The predicted molar refractivity (Wildman–Crippen MR) is 125 cm³/mol. The molecule has 2 amide bonds. The highest BCUT2D eigenvalue weighted by molar-refractivity contribution is 8.18. The van der Waals surface area contributed by atoms with E-state index in [4.69, 9.17) is 18.9 Å². The molecule has 0 N–H and O–H groups in total. The number of rotatable bonds is 11. The number of hydrogen-bond donors (Lipinski definition) is 0. The number of imide groups is 1. The first-order chi connectivity index (χ1) is 15.6. The molecule has 2 aromatic rings. The van der Waals surface area contributed by atoms with Gasteiger partial charge in [0.05, 0.1) is 31.8 Å². The minimum atomic E-state index is -0.340. The molecule has 7 nitrogen and oxygen atoms in total. The highest BCUT2D eigenvalue weighted by Crippen LogP contribution is 2.35. The molecule has 0 bridgehead atoms. The lowest BCUT2D eigenvalue weighted by atomic mass is 10.2. The van der Waals surface area contributed by atoms with E-state index in [2.05, 4.69) is 0 Å². The van der Waals surface area contributed by atoms with Gasteiger partial charge in [0.1, 0.15) is 6.61 Å². The summed E-state index contributed by atoms with van der Waals surface area (Å²) < 4.78 is 22.3. The van der Waals surface area contributed by atoms with Crippen LogP contribution in [0.2, 0.25) is 0 Å². The Bertz CT molecular complexity index is 990. The van der Waals surface area contributed by atoms with Crippen LogP contribution in [0.15, 0.2) is 47.4 Å². The highest BCUT2D eigenvalue weighted by Gasteiger charge is 2.34. The molecule has 2 aromatic carbocycles. The number of para-hydroxylation sites is 2. The molecule has 0 atom stereocenters. The fourth-order valence-electron chi connectivity index (χ4n) is 3.04. The maximum absolute atomic E-state index is 12.8. The normalized spacial score (nSPS) is 14.7. The third-order valence-electron chi connectivity index (χ3n) is 4.54. The molecule has 0 aromatic heterocycles. The van der Waals surface area contributed by atoms with E-state index >= 15 is 0 Å². The lowest BCUT2D eigenvalue weighted by Gasteiger charge is -2.14. The molecule has 1 aliphatic rings. The van der Waals surface area contributed by atoms with Gasteiger partial charge in [0.15, 0.2) is 23.0 Å². The van der Waals surface area contributed by atoms with Crippen LogP contribution in [0.1, 0.15) is 25.8 Å². The molecule has 0 aliphatic carbocycles. The van der Waals surface area contributed by atoms with Crippen LogP contribution in [0.25, 0.3) is 6.08 Å². The second-order valence-electron chi connectivity index (χ2n) is 6.82. The van der Waals surface area contributed by atoms with Crippen LogP contribution in [-0.2, 0) is 4.79 Å². The van der Waals surface area contributed by atoms with E-state index in [0.717, 1.165) is 23.7 Å². The first-order valence-corrected chi connectivity index (χ1v) is 11.3. The van der Waals surface area contributed by atoms with Crippen molar-refractivity contribution in [3.05, 3.63) is 52.9 Å². The van der Waals surface area contributed by atoms with Crippen molar-refractivity contribution in [2.24, 2.45) is 0 Å². The Morgan fingerprint density at radius 3 is 2.34 bits per heavy atom. The van der Waals surface area contributed by atoms with Gasteiger partial charge in [0, 0.05) is 0 Å². The van der Waals surface area contributed by atoms with E-state index in [-0.39, 0.29) is 24.3 Å². The van der Waals surface area contributed by atoms with E-state index < -0.39 is 0 Å². The summed E-state index contributed by atoms with van der Waals surface area (Å²) in [6.45, 7) is 5.34. The SMILES string of the molecule is CCCOc1ccc(/C=C2\SC(=O)N(CCOc3ccccc3OC)C2=O)cc1OCC. The molecule has 0 radical (unpaired) electrons. The first-order valence-electron chi connectivity index (χ1n) is 10.5. The Labute approximate surface area is 192 Å². The van der Waals surface area contributed by atoms with Crippen molar-refractivity contribution >= 4 is 29.0 Å². The average Bonchev–Trinajstić information content (AvgIpc) is 3.06. The number of hydrogen-bond acceptors (Lipinski definition) is 7. The summed E-state index contributed by atoms with van der Waals surface area (Å²) in [5.74, 6) is 2.09. The number of methoxy groups -OCH3 is 1. The van der Waals surface area contributed by atoms with Crippen molar-refractivity contribution in [1.29, 1.82) is 0 Å². The zero-order valence-corrected chi connectivity index (χ0v) is 19.3. The fraction of sp³-hybridized carbons (Fsp3) is 0.333. The first kappa shape index (κ1) is 23.5. The topological polar surface area (TPSA) is 74.3 Å². The zero-order valence-electron chi connectivity index (χ0n) is 18.5. The molecular formula is C24H27NO6S. The fourth-order valence-corrected chi connectivity index (χ4v) is 3.91. The Hall–Kier alpha value is -3.13. The van der Waals surface area contributed by atoms with Crippen molar-refractivity contribution in [2.45, 2.75) is 20.3 Å². The van der Waals surface area contributed by atoms with Crippen LogP contribution < -0.4 is 18.9 Å². The third kappa shape index (κ3) is 5.76. The van der Waals surface area contributed by atoms with Gasteiger partial charge in [0.2, 0.25) is 0 Å². The molecule has 8 heteroatoms. The number of carbonyl (C=O) groups excluding carboxylic acids is 2. The molecule has 170 valence electrons. The summed E-state index contributed by atoms with van der Waals surface area (Å²) in [7, 11) is 1.56. The van der Waals surface area contributed by atoms with Crippen LogP contribution in [0.3, 0.4) is 0 Å². The van der Waals surface area contributed by atoms with Gasteiger partial charge in [0.25, 0.3) is 11.1 Å². The van der Waals surface area contributed by atoms with E-state index in [0.29, 0.717) is 41.1 Å². The number of nitrogens with zero attached hydrogens (tertiary/aromatic N) is 1. The number of ether oxygens (including phenoxy) is 4. The van der Waals surface area contributed by atoms with E-state index in [1.165, 1.54) is 4.90 Å². The smallest absolute Gasteiger partial charge is 0.293 e. The van der Waals surface area contributed by atoms with Crippen molar-refractivity contribution in [2.75, 3.05) is 33.5 Å². The van der Waals surface area contributed by atoms with Crippen molar-refractivity contribution in [1.82, 2.24) is 4.90 Å². The molecule has 0 unspecified atom stereocenters. The maximum atomic E-state index is 12.8. The summed E-state index contributed by atoms with van der Waals surface area (Å²) in [6.07, 6.45) is 2.58. The van der Waals surface area contributed by atoms with E-state index in [1.807, 2.05) is 44.2 Å². The summed E-state index contributed by atoms with van der Waals surface area (Å²) in [6, 6.07) is 12.7. The van der Waals surface area contributed by atoms with Gasteiger partial charge in [-0.25, -0.2) is 0 Å².